The third-order valence-corrected chi connectivity index (χ3v) is 4.30. The molecule has 0 spiro atoms. The predicted molar refractivity (Wildman–Crippen MR) is 83.3 cm³/mol. The standard InChI is InChI=1S/C16H22N4O/c1-11(2)20-7-5-14(6-8-20)18-16(21)12-3-4-15-13(9-12)10-17-19-15/h3-4,9-11,14H,5-8H2,1-2H3,(H,17,19)(H,18,21). The lowest BCUT2D eigenvalue weighted by Crippen LogP contribution is -2.46. The Morgan fingerprint density at radius 1 is 1.38 bits per heavy atom. The van der Waals surface area contributed by atoms with Crippen molar-refractivity contribution in [1.82, 2.24) is 20.4 Å². The van der Waals surface area contributed by atoms with Crippen molar-refractivity contribution in [1.29, 1.82) is 0 Å². The van der Waals surface area contributed by atoms with Gasteiger partial charge in [0.15, 0.2) is 0 Å². The normalized spacial score (nSPS) is 17.5. The van der Waals surface area contributed by atoms with Crippen molar-refractivity contribution in [3.63, 3.8) is 0 Å². The molecule has 0 saturated carbocycles. The fourth-order valence-electron chi connectivity index (χ4n) is 2.91. The molecule has 21 heavy (non-hydrogen) atoms. The van der Waals surface area contributed by atoms with Crippen molar-refractivity contribution in [3.05, 3.63) is 30.0 Å². The van der Waals surface area contributed by atoms with Gasteiger partial charge in [0.2, 0.25) is 0 Å². The van der Waals surface area contributed by atoms with Crippen molar-refractivity contribution in [2.75, 3.05) is 13.1 Å². The second-order valence-electron chi connectivity index (χ2n) is 6.05. The van der Waals surface area contributed by atoms with Crippen LogP contribution in [0.5, 0.6) is 0 Å². The maximum atomic E-state index is 12.3. The van der Waals surface area contributed by atoms with Gasteiger partial charge in [-0.2, -0.15) is 5.10 Å². The number of nitrogens with one attached hydrogen (secondary N) is 2. The Morgan fingerprint density at radius 2 is 2.14 bits per heavy atom. The molecule has 5 heteroatoms. The molecule has 1 aromatic carbocycles. The van der Waals surface area contributed by atoms with Crippen molar-refractivity contribution in [2.24, 2.45) is 0 Å². The van der Waals surface area contributed by atoms with Crippen LogP contribution >= 0.6 is 0 Å². The van der Waals surface area contributed by atoms with E-state index in [0.29, 0.717) is 11.6 Å². The van der Waals surface area contributed by atoms with Crippen LogP contribution in [0.4, 0.5) is 0 Å². The average Bonchev–Trinajstić information content (AvgIpc) is 2.95. The minimum Gasteiger partial charge on any atom is -0.349 e. The van der Waals surface area contributed by atoms with Gasteiger partial charge in [-0.15, -0.1) is 0 Å². The van der Waals surface area contributed by atoms with Gasteiger partial charge in [-0.05, 0) is 44.9 Å². The third-order valence-electron chi connectivity index (χ3n) is 4.30. The van der Waals surface area contributed by atoms with Crippen LogP contribution in [0.25, 0.3) is 10.9 Å². The van der Waals surface area contributed by atoms with E-state index < -0.39 is 0 Å². The zero-order chi connectivity index (χ0) is 14.8. The number of likely N-dealkylation sites (tertiary alicyclic amines) is 1. The molecule has 1 fully saturated rings. The molecule has 1 aliphatic heterocycles. The zero-order valence-electron chi connectivity index (χ0n) is 12.6. The molecule has 2 heterocycles. The Balaban J connectivity index is 1.61. The summed E-state index contributed by atoms with van der Waals surface area (Å²) in [6, 6.07) is 6.51. The number of nitrogens with zero attached hydrogens (tertiary/aromatic N) is 2. The van der Waals surface area contributed by atoms with E-state index in [1.165, 1.54) is 0 Å². The molecule has 0 unspecified atom stereocenters. The summed E-state index contributed by atoms with van der Waals surface area (Å²) < 4.78 is 0. The number of rotatable bonds is 3. The number of H-pyrrole nitrogens is 1. The van der Waals surface area contributed by atoms with Crippen LogP contribution < -0.4 is 5.32 Å². The van der Waals surface area contributed by atoms with E-state index >= 15 is 0 Å². The summed E-state index contributed by atoms with van der Waals surface area (Å²) in [6.07, 6.45) is 3.79. The molecule has 112 valence electrons. The smallest absolute Gasteiger partial charge is 0.251 e. The molecule has 1 saturated heterocycles. The first-order valence-electron chi connectivity index (χ1n) is 7.61. The van der Waals surface area contributed by atoms with Crippen LogP contribution in [0.2, 0.25) is 0 Å². The molecule has 1 amide bonds. The number of carbonyl (C=O) groups is 1. The molecule has 0 radical (unpaired) electrons. The van der Waals surface area contributed by atoms with Gasteiger partial charge in [0.25, 0.3) is 5.91 Å². The summed E-state index contributed by atoms with van der Waals surface area (Å²) in [5, 5.41) is 11.0. The molecule has 3 rings (SSSR count). The lowest BCUT2D eigenvalue weighted by atomic mass is 10.0. The summed E-state index contributed by atoms with van der Waals surface area (Å²) in [5.74, 6) is 0.0149. The molecule has 5 nitrogen and oxygen atoms in total. The summed E-state index contributed by atoms with van der Waals surface area (Å²) in [6.45, 7) is 6.56. The molecular weight excluding hydrogens is 264 g/mol. The third kappa shape index (κ3) is 3.08. The van der Waals surface area contributed by atoms with Crippen LogP contribution in [-0.2, 0) is 0 Å². The van der Waals surface area contributed by atoms with Gasteiger partial charge in [-0.25, -0.2) is 0 Å². The number of hydrogen-bond acceptors (Lipinski definition) is 3. The van der Waals surface area contributed by atoms with Gasteiger partial charge in [-0.3, -0.25) is 9.89 Å². The minimum atomic E-state index is 0.0149. The quantitative estimate of drug-likeness (QED) is 0.909. The van der Waals surface area contributed by atoms with E-state index in [1.54, 1.807) is 6.20 Å². The number of hydrogen-bond donors (Lipinski definition) is 2. The Labute approximate surface area is 124 Å². The number of fused-ring (bicyclic) bond motifs is 1. The topological polar surface area (TPSA) is 61.0 Å². The van der Waals surface area contributed by atoms with Crippen molar-refractivity contribution >= 4 is 16.8 Å². The molecule has 0 bridgehead atoms. The second-order valence-corrected chi connectivity index (χ2v) is 6.05. The largest absolute Gasteiger partial charge is 0.349 e. The van der Waals surface area contributed by atoms with Gasteiger partial charge >= 0.3 is 0 Å². The lowest BCUT2D eigenvalue weighted by molar-refractivity contribution is 0.0901. The maximum absolute atomic E-state index is 12.3. The SMILES string of the molecule is CC(C)N1CCC(NC(=O)c2ccc3[nH]ncc3c2)CC1. The first-order chi connectivity index (χ1) is 10.1. The monoisotopic (exact) mass is 286 g/mol. The van der Waals surface area contributed by atoms with E-state index in [2.05, 4.69) is 34.3 Å². The lowest BCUT2D eigenvalue weighted by Gasteiger charge is -2.34. The predicted octanol–water partition coefficient (Wildman–Crippen LogP) is 2.17. The van der Waals surface area contributed by atoms with Gasteiger partial charge in [0.05, 0.1) is 11.7 Å². The summed E-state index contributed by atoms with van der Waals surface area (Å²) >= 11 is 0. The first-order valence-corrected chi connectivity index (χ1v) is 7.61. The van der Waals surface area contributed by atoms with Crippen LogP contribution in [0, 0.1) is 0 Å². The first kappa shape index (κ1) is 14.1. The fourth-order valence-corrected chi connectivity index (χ4v) is 2.91. The number of piperidine rings is 1. The number of carbonyl (C=O) groups excluding carboxylic acids is 1. The average molecular weight is 286 g/mol. The Kier molecular flexibility index (Phi) is 3.92. The summed E-state index contributed by atoms with van der Waals surface area (Å²) in [5.41, 5.74) is 1.66. The molecule has 1 aliphatic rings. The van der Waals surface area contributed by atoms with Gasteiger partial charge < -0.3 is 10.2 Å². The van der Waals surface area contributed by atoms with E-state index in [4.69, 9.17) is 0 Å². The van der Waals surface area contributed by atoms with E-state index in [9.17, 15) is 4.79 Å². The summed E-state index contributed by atoms with van der Waals surface area (Å²) in [7, 11) is 0. The Bertz CT molecular complexity index is 626. The highest BCUT2D eigenvalue weighted by atomic mass is 16.1. The van der Waals surface area contributed by atoms with E-state index in [-0.39, 0.29) is 11.9 Å². The van der Waals surface area contributed by atoms with Gasteiger partial charge in [0.1, 0.15) is 0 Å². The summed E-state index contributed by atoms with van der Waals surface area (Å²) in [4.78, 5) is 14.8. The minimum absolute atomic E-state index is 0.0149. The highest BCUT2D eigenvalue weighted by Gasteiger charge is 2.22. The highest BCUT2D eigenvalue weighted by Crippen LogP contribution is 2.16. The molecule has 0 atom stereocenters. The van der Waals surface area contributed by atoms with Gasteiger partial charge in [0, 0.05) is 36.1 Å². The van der Waals surface area contributed by atoms with Crippen LogP contribution in [0.15, 0.2) is 24.4 Å². The fraction of sp³-hybridized carbons (Fsp3) is 0.500. The van der Waals surface area contributed by atoms with Gasteiger partial charge in [-0.1, -0.05) is 0 Å². The zero-order valence-corrected chi connectivity index (χ0v) is 12.6. The molecular formula is C16H22N4O. The maximum Gasteiger partial charge on any atom is 0.251 e. The van der Waals surface area contributed by atoms with E-state index in [0.717, 1.165) is 36.8 Å². The van der Waals surface area contributed by atoms with Crippen molar-refractivity contribution < 1.29 is 4.79 Å². The molecule has 2 N–H and O–H groups in total. The van der Waals surface area contributed by atoms with Crippen molar-refractivity contribution in [2.45, 2.75) is 38.8 Å². The number of amides is 1. The number of aromatic nitrogens is 2. The van der Waals surface area contributed by atoms with Crippen LogP contribution in [0.3, 0.4) is 0 Å². The molecule has 2 aromatic rings. The number of benzene rings is 1. The van der Waals surface area contributed by atoms with Crippen LogP contribution in [0.1, 0.15) is 37.0 Å². The second kappa shape index (κ2) is 5.85. The molecule has 0 aliphatic carbocycles. The number of aromatic amines is 1. The highest BCUT2D eigenvalue weighted by molar-refractivity contribution is 5.98. The van der Waals surface area contributed by atoms with Crippen molar-refractivity contribution in [3.8, 4) is 0 Å². The van der Waals surface area contributed by atoms with E-state index in [1.807, 2.05) is 18.2 Å². The Morgan fingerprint density at radius 3 is 2.86 bits per heavy atom. The Hall–Kier alpha value is -1.88. The molecule has 1 aromatic heterocycles. The van der Waals surface area contributed by atoms with Crippen LogP contribution in [-0.4, -0.2) is 46.2 Å².